The third kappa shape index (κ3) is 5.40. The minimum Gasteiger partial charge on any atom is -0.507 e. The second-order valence-corrected chi connectivity index (χ2v) is 9.09. The van der Waals surface area contributed by atoms with Crippen molar-refractivity contribution in [1.82, 2.24) is 25.3 Å². The summed E-state index contributed by atoms with van der Waals surface area (Å²) < 4.78 is 7.02. The van der Waals surface area contributed by atoms with Gasteiger partial charge in [-0.25, -0.2) is 4.79 Å². The third-order valence-electron chi connectivity index (χ3n) is 6.13. The molecule has 11 heteroatoms. The number of nitrogens with zero attached hydrogens (tertiary/aromatic N) is 3. The van der Waals surface area contributed by atoms with Crippen molar-refractivity contribution in [3.63, 3.8) is 0 Å². The molecule has 0 spiro atoms. The normalized spacial score (nSPS) is 17.2. The van der Waals surface area contributed by atoms with E-state index in [1.807, 2.05) is 20.8 Å². The first-order valence-electron chi connectivity index (χ1n) is 12.0. The second kappa shape index (κ2) is 10.6. The summed E-state index contributed by atoms with van der Waals surface area (Å²) in [7, 11) is 0. The van der Waals surface area contributed by atoms with E-state index in [9.17, 15) is 19.5 Å². The van der Waals surface area contributed by atoms with Gasteiger partial charge in [-0.3, -0.25) is 19.4 Å². The summed E-state index contributed by atoms with van der Waals surface area (Å²) in [6.07, 6.45) is 2.26. The molecule has 1 saturated carbocycles. The van der Waals surface area contributed by atoms with Gasteiger partial charge in [-0.15, -0.1) is 0 Å². The molecule has 1 aliphatic rings. The number of amides is 2. The van der Waals surface area contributed by atoms with E-state index < -0.39 is 12.0 Å². The summed E-state index contributed by atoms with van der Waals surface area (Å²) in [6, 6.07) is 8.08. The quantitative estimate of drug-likeness (QED) is 0.347. The Morgan fingerprint density at radius 1 is 1.31 bits per heavy atom. The predicted octanol–water partition coefficient (Wildman–Crippen LogP) is 3.83. The number of benzene rings is 1. The number of aromatic hydroxyl groups is 1. The number of ether oxygens (including phenoxy) is 1. The molecule has 0 saturated heterocycles. The van der Waals surface area contributed by atoms with E-state index in [1.54, 1.807) is 24.3 Å². The standard InChI is InChI=1S/C25H30N6O5/c1-4-31-21(11-20(30-31)17-6-5-7-22(33)18(17)13-32)24(34)27-23-12-19(28-29-23)15-8-9-16(10-15)36-25(35)26-14(2)3/h5-7,11-16,33H,4,8-10H2,1-3H3,(H,26,35)(H2,27,28,29,34)/t15-,16+/m0/s1. The molecule has 11 nitrogen and oxygen atoms in total. The first-order valence-corrected chi connectivity index (χ1v) is 12.0. The highest BCUT2D eigenvalue weighted by molar-refractivity contribution is 6.03. The molecule has 0 bridgehead atoms. The largest absolute Gasteiger partial charge is 0.507 e. The van der Waals surface area contributed by atoms with Crippen molar-refractivity contribution < 1.29 is 24.2 Å². The number of alkyl carbamates (subject to hydrolysis) is 1. The number of aromatic nitrogens is 4. The Hall–Kier alpha value is -4.15. The molecule has 2 amide bonds. The van der Waals surface area contributed by atoms with Crippen LogP contribution in [0, 0.1) is 0 Å². The molecular weight excluding hydrogens is 464 g/mol. The number of aromatic amines is 1. The van der Waals surface area contributed by atoms with Crippen LogP contribution in [0.1, 0.15) is 72.5 Å². The maximum absolute atomic E-state index is 13.0. The predicted molar refractivity (Wildman–Crippen MR) is 132 cm³/mol. The van der Waals surface area contributed by atoms with Crippen LogP contribution in [-0.2, 0) is 11.3 Å². The van der Waals surface area contributed by atoms with E-state index in [4.69, 9.17) is 4.74 Å². The lowest BCUT2D eigenvalue weighted by atomic mass is 10.0. The van der Waals surface area contributed by atoms with E-state index in [0.29, 0.717) is 42.0 Å². The number of hydrogen-bond acceptors (Lipinski definition) is 7. The summed E-state index contributed by atoms with van der Waals surface area (Å²) in [6.45, 7) is 6.03. The second-order valence-electron chi connectivity index (χ2n) is 9.09. The zero-order chi connectivity index (χ0) is 25.8. The van der Waals surface area contributed by atoms with Crippen LogP contribution in [0.3, 0.4) is 0 Å². The van der Waals surface area contributed by atoms with Gasteiger partial charge >= 0.3 is 6.09 Å². The zero-order valence-electron chi connectivity index (χ0n) is 20.4. The molecule has 2 atom stereocenters. The van der Waals surface area contributed by atoms with Gasteiger partial charge < -0.3 is 20.5 Å². The molecule has 1 aromatic carbocycles. The van der Waals surface area contributed by atoms with E-state index in [-0.39, 0.29) is 29.4 Å². The van der Waals surface area contributed by atoms with Crippen molar-refractivity contribution >= 4 is 24.1 Å². The minimum absolute atomic E-state index is 0.0143. The lowest BCUT2D eigenvalue weighted by Gasteiger charge is -2.14. The van der Waals surface area contributed by atoms with Crippen LogP contribution in [0.2, 0.25) is 0 Å². The summed E-state index contributed by atoms with van der Waals surface area (Å²) in [5.74, 6) is -0.0447. The molecule has 3 aromatic rings. The number of carbonyl (C=O) groups excluding carboxylic acids is 3. The Balaban J connectivity index is 1.44. The van der Waals surface area contributed by atoms with Gasteiger partial charge in [0.15, 0.2) is 12.1 Å². The number of phenolic OH excluding ortho intramolecular Hbond substituents is 1. The van der Waals surface area contributed by atoms with Gasteiger partial charge in [0.2, 0.25) is 0 Å². The zero-order valence-corrected chi connectivity index (χ0v) is 20.4. The van der Waals surface area contributed by atoms with Crippen LogP contribution in [0.5, 0.6) is 5.75 Å². The molecule has 4 N–H and O–H groups in total. The number of carbonyl (C=O) groups is 3. The summed E-state index contributed by atoms with van der Waals surface area (Å²) in [4.78, 5) is 36.4. The lowest BCUT2D eigenvalue weighted by molar-refractivity contribution is 0.0979. The number of H-pyrrole nitrogens is 1. The Kier molecular flexibility index (Phi) is 7.37. The van der Waals surface area contributed by atoms with Crippen LogP contribution < -0.4 is 10.6 Å². The fraction of sp³-hybridized carbons (Fsp3) is 0.400. The highest BCUT2D eigenvalue weighted by atomic mass is 16.6. The highest BCUT2D eigenvalue weighted by Crippen LogP contribution is 2.36. The van der Waals surface area contributed by atoms with Crippen LogP contribution >= 0.6 is 0 Å². The Bertz CT molecular complexity index is 1260. The van der Waals surface area contributed by atoms with E-state index in [2.05, 4.69) is 25.9 Å². The maximum Gasteiger partial charge on any atom is 0.407 e. The molecular formula is C25H30N6O5. The number of aryl methyl sites for hydroxylation is 1. The number of anilines is 1. The fourth-order valence-electron chi connectivity index (χ4n) is 4.41. The molecule has 2 aromatic heterocycles. The van der Waals surface area contributed by atoms with Gasteiger partial charge in [0.05, 0.1) is 11.3 Å². The van der Waals surface area contributed by atoms with Gasteiger partial charge in [-0.1, -0.05) is 12.1 Å². The topological polar surface area (TPSA) is 151 Å². The van der Waals surface area contributed by atoms with Gasteiger partial charge in [0.25, 0.3) is 5.91 Å². The number of aldehydes is 1. The number of nitrogens with one attached hydrogen (secondary N) is 3. The Morgan fingerprint density at radius 2 is 2.11 bits per heavy atom. The van der Waals surface area contributed by atoms with Crippen LogP contribution in [0.4, 0.5) is 10.6 Å². The molecule has 0 aliphatic heterocycles. The average molecular weight is 495 g/mol. The fourth-order valence-corrected chi connectivity index (χ4v) is 4.41. The van der Waals surface area contributed by atoms with Crippen molar-refractivity contribution in [3.05, 3.63) is 47.3 Å². The summed E-state index contributed by atoms with van der Waals surface area (Å²) in [5.41, 5.74) is 2.11. The van der Waals surface area contributed by atoms with Crippen LogP contribution in [-0.4, -0.2) is 55.5 Å². The van der Waals surface area contributed by atoms with Gasteiger partial charge in [0.1, 0.15) is 17.5 Å². The molecule has 0 unspecified atom stereocenters. The molecule has 4 rings (SSSR count). The van der Waals surface area contributed by atoms with Crippen molar-refractivity contribution in [3.8, 4) is 17.0 Å². The monoisotopic (exact) mass is 494 g/mol. The van der Waals surface area contributed by atoms with Crippen LogP contribution in [0.25, 0.3) is 11.3 Å². The lowest BCUT2D eigenvalue weighted by Crippen LogP contribution is -2.33. The molecule has 36 heavy (non-hydrogen) atoms. The van der Waals surface area contributed by atoms with E-state index in [0.717, 1.165) is 18.5 Å². The number of rotatable bonds is 8. The number of phenols is 1. The van der Waals surface area contributed by atoms with Crippen molar-refractivity contribution in [2.24, 2.45) is 0 Å². The maximum atomic E-state index is 13.0. The van der Waals surface area contributed by atoms with Gasteiger partial charge in [-0.05, 0) is 52.2 Å². The Labute approximate surface area is 208 Å². The van der Waals surface area contributed by atoms with E-state index in [1.165, 1.54) is 10.7 Å². The highest BCUT2D eigenvalue weighted by Gasteiger charge is 2.30. The molecule has 2 heterocycles. The van der Waals surface area contributed by atoms with Crippen molar-refractivity contribution in [2.45, 2.75) is 64.6 Å². The van der Waals surface area contributed by atoms with Crippen LogP contribution in [0.15, 0.2) is 30.3 Å². The number of hydrogen-bond donors (Lipinski definition) is 4. The first kappa shape index (κ1) is 25.0. The van der Waals surface area contributed by atoms with Gasteiger partial charge in [-0.2, -0.15) is 10.2 Å². The Morgan fingerprint density at radius 3 is 2.83 bits per heavy atom. The SMILES string of the molecule is CCn1nc(-c2cccc(O)c2C=O)cc1C(=O)Nc1cc([C@H]2CC[C@@H](OC(=O)NC(C)C)C2)[nH]n1. The molecule has 1 aliphatic carbocycles. The van der Waals surface area contributed by atoms with Gasteiger partial charge in [0, 0.05) is 35.8 Å². The van der Waals surface area contributed by atoms with Crippen molar-refractivity contribution in [2.75, 3.05) is 5.32 Å². The minimum atomic E-state index is -0.411. The summed E-state index contributed by atoms with van der Waals surface area (Å²) in [5, 5.41) is 27.2. The van der Waals surface area contributed by atoms with Crippen molar-refractivity contribution in [1.29, 1.82) is 0 Å². The molecule has 1 fully saturated rings. The molecule has 190 valence electrons. The van der Waals surface area contributed by atoms with E-state index >= 15 is 0 Å². The summed E-state index contributed by atoms with van der Waals surface area (Å²) >= 11 is 0. The first-order chi connectivity index (χ1) is 17.3. The average Bonchev–Trinajstić information content (AvgIpc) is 3.57. The smallest absolute Gasteiger partial charge is 0.407 e. The third-order valence-corrected chi connectivity index (χ3v) is 6.13. The molecule has 0 radical (unpaired) electrons.